The van der Waals surface area contributed by atoms with Crippen molar-refractivity contribution in [2.45, 2.75) is 38.3 Å². The first kappa shape index (κ1) is 22.0. The van der Waals surface area contributed by atoms with E-state index in [4.69, 9.17) is 9.47 Å². The first-order valence-corrected chi connectivity index (χ1v) is 10.3. The number of rotatable bonds is 5. The zero-order valence-corrected chi connectivity index (χ0v) is 18.0. The Labute approximate surface area is 184 Å². The van der Waals surface area contributed by atoms with E-state index in [0.29, 0.717) is 35.2 Å². The lowest BCUT2D eigenvalue weighted by atomic mass is 10.0. The van der Waals surface area contributed by atoms with Gasteiger partial charge < -0.3 is 19.9 Å². The molecule has 168 valence electrons. The molecule has 0 unspecified atom stereocenters. The monoisotopic (exact) mass is 441 g/mol. The van der Waals surface area contributed by atoms with E-state index in [1.165, 1.54) is 7.11 Å². The van der Waals surface area contributed by atoms with E-state index in [0.717, 1.165) is 6.20 Å². The zero-order chi connectivity index (χ0) is 22.8. The Hall–Kier alpha value is -3.24. The van der Waals surface area contributed by atoms with Crippen LogP contribution in [0.2, 0.25) is 0 Å². The van der Waals surface area contributed by atoms with E-state index in [1.807, 2.05) is 13.8 Å². The number of hydrogen-bond donors (Lipinski definition) is 2. The van der Waals surface area contributed by atoms with Crippen LogP contribution in [0, 0.1) is 5.82 Å². The summed E-state index contributed by atoms with van der Waals surface area (Å²) >= 11 is 0. The first-order valence-electron chi connectivity index (χ1n) is 10.3. The maximum absolute atomic E-state index is 14.7. The summed E-state index contributed by atoms with van der Waals surface area (Å²) in [5, 5.41) is 13.8. The second-order valence-electron chi connectivity index (χ2n) is 7.88. The number of benzene rings is 1. The van der Waals surface area contributed by atoms with Crippen LogP contribution in [0.1, 0.15) is 42.5 Å². The third-order valence-corrected chi connectivity index (χ3v) is 5.30. The summed E-state index contributed by atoms with van der Waals surface area (Å²) in [4.78, 5) is 29.0. The van der Waals surface area contributed by atoms with Crippen molar-refractivity contribution in [2.75, 3.05) is 25.6 Å². The van der Waals surface area contributed by atoms with Gasteiger partial charge in [-0.3, -0.25) is 0 Å². The minimum Gasteiger partial charge on any atom is -0.463 e. The molecule has 2 atom stereocenters. The molecule has 1 aliphatic heterocycles. The van der Waals surface area contributed by atoms with Crippen LogP contribution < -0.4 is 5.32 Å². The predicted molar refractivity (Wildman–Crippen MR) is 115 cm³/mol. The number of fused-ring (bicyclic) bond motifs is 1. The number of nitrogens with zero attached hydrogens (tertiary/aromatic N) is 4. The molecule has 3 heterocycles. The molecule has 2 aromatic heterocycles. The molecule has 2 N–H and O–H groups in total. The summed E-state index contributed by atoms with van der Waals surface area (Å²) in [7, 11) is 1.27. The molecule has 0 bridgehead atoms. The molecule has 4 rings (SSSR count). The number of esters is 1. The number of methoxy groups -OCH3 is 1. The van der Waals surface area contributed by atoms with Crippen molar-refractivity contribution < 1.29 is 23.8 Å². The van der Waals surface area contributed by atoms with Crippen LogP contribution in [-0.2, 0) is 9.47 Å². The maximum atomic E-state index is 14.7. The Morgan fingerprint density at radius 1 is 1.31 bits per heavy atom. The van der Waals surface area contributed by atoms with E-state index in [-0.39, 0.29) is 36.0 Å². The quantitative estimate of drug-likeness (QED) is 0.576. The fraction of sp³-hybridized carbons (Fsp3) is 0.409. The minimum atomic E-state index is -0.698. The summed E-state index contributed by atoms with van der Waals surface area (Å²) in [5.74, 6) is -1.02. The first-order chi connectivity index (χ1) is 15.4. The number of nitrogens with one attached hydrogen (secondary N) is 1. The smallest absolute Gasteiger partial charge is 0.376 e. The average molecular weight is 441 g/mol. The van der Waals surface area contributed by atoms with Crippen molar-refractivity contribution in [3.63, 3.8) is 0 Å². The van der Waals surface area contributed by atoms with Crippen LogP contribution in [0.4, 0.5) is 10.3 Å². The lowest BCUT2D eigenvalue weighted by Gasteiger charge is -2.28. The molecule has 32 heavy (non-hydrogen) atoms. The molecular formula is C22H24FN5O4. The Bertz CT molecular complexity index is 1160. The molecule has 0 radical (unpaired) electrons. The van der Waals surface area contributed by atoms with Gasteiger partial charge in [-0.05, 0) is 24.5 Å². The van der Waals surface area contributed by atoms with Crippen LogP contribution in [0.3, 0.4) is 0 Å². The minimum absolute atomic E-state index is 0.0124. The Morgan fingerprint density at radius 2 is 2.12 bits per heavy atom. The van der Waals surface area contributed by atoms with Gasteiger partial charge >= 0.3 is 5.97 Å². The van der Waals surface area contributed by atoms with Crippen LogP contribution >= 0.6 is 0 Å². The molecule has 1 fully saturated rings. The maximum Gasteiger partial charge on any atom is 0.376 e. The molecular weight excluding hydrogens is 417 g/mol. The number of aromatic nitrogens is 4. The van der Waals surface area contributed by atoms with Crippen molar-refractivity contribution in [1.29, 1.82) is 0 Å². The molecule has 0 amide bonds. The van der Waals surface area contributed by atoms with Crippen molar-refractivity contribution in [2.24, 2.45) is 0 Å². The average Bonchev–Trinajstić information content (AvgIpc) is 2.80. The zero-order valence-electron chi connectivity index (χ0n) is 18.0. The molecule has 10 heteroatoms. The highest BCUT2D eigenvalue weighted by molar-refractivity contribution is 5.91. The fourth-order valence-electron chi connectivity index (χ4n) is 3.62. The molecule has 0 aliphatic carbocycles. The van der Waals surface area contributed by atoms with Gasteiger partial charge in [-0.15, -0.1) is 0 Å². The Kier molecular flexibility index (Phi) is 6.24. The highest BCUT2D eigenvalue weighted by Gasteiger charge is 2.25. The normalized spacial score (nSPS) is 18.7. The summed E-state index contributed by atoms with van der Waals surface area (Å²) in [6.07, 6.45) is 0.988. The lowest BCUT2D eigenvalue weighted by Crippen LogP contribution is -2.42. The second kappa shape index (κ2) is 9.09. The van der Waals surface area contributed by atoms with Crippen LogP contribution in [-0.4, -0.2) is 63.5 Å². The summed E-state index contributed by atoms with van der Waals surface area (Å²) in [6, 6.07) is 4.85. The third kappa shape index (κ3) is 4.37. The number of carbonyl (C=O) groups excluding carboxylic acids is 1. The van der Waals surface area contributed by atoms with E-state index in [9.17, 15) is 14.3 Å². The molecule has 9 nitrogen and oxygen atoms in total. The standard InChI is InChI=1S/C22H24FN5O4/c1-11(2)18-13-8-12(4-5-15(13)25-20(27-18)21(30)31-3)19-14(23)9-24-22(28-19)26-16-6-7-32-10-17(16)29/h4-5,8-9,11,16-17,29H,6-7,10H2,1-3H3,(H,24,26,28)/t16-,17-/m1/s1. The van der Waals surface area contributed by atoms with Crippen molar-refractivity contribution in [3.05, 3.63) is 41.7 Å². The van der Waals surface area contributed by atoms with E-state index in [2.05, 4.69) is 25.3 Å². The predicted octanol–water partition coefficient (Wildman–Crippen LogP) is 2.70. The number of aliphatic hydroxyl groups is 1. The highest BCUT2D eigenvalue weighted by Crippen LogP contribution is 2.29. The van der Waals surface area contributed by atoms with Gasteiger partial charge in [0.2, 0.25) is 11.8 Å². The SMILES string of the molecule is COC(=O)c1nc(C(C)C)c2cc(-c3nc(N[C@@H]4CCOC[C@H]4O)ncc3F)ccc2n1. The molecule has 0 saturated carbocycles. The Morgan fingerprint density at radius 3 is 2.84 bits per heavy atom. The third-order valence-electron chi connectivity index (χ3n) is 5.30. The largest absolute Gasteiger partial charge is 0.463 e. The highest BCUT2D eigenvalue weighted by atomic mass is 19.1. The van der Waals surface area contributed by atoms with Gasteiger partial charge in [0.25, 0.3) is 0 Å². The molecule has 1 saturated heterocycles. The van der Waals surface area contributed by atoms with E-state index >= 15 is 0 Å². The second-order valence-corrected chi connectivity index (χ2v) is 7.88. The van der Waals surface area contributed by atoms with Crippen LogP contribution in [0.15, 0.2) is 24.4 Å². The van der Waals surface area contributed by atoms with Gasteiger partial charge in [-0.2, -0.15) is 0 Å². The van der Waals surface area contributed by atoms with Gasteiger partial charge in [0.1, 0.15) is 5.69 Å². The van der Waals surface area contributed by atoms with E-state index in [1.54, 1.807) is 18.2 Å². The van der Waals surface area contributed by atoms with Gasteiger partial charge in [0, 0.05) is 17.6 Å². The van der Waals surface area contributed by atoms with Gasteiger partial charge in [-0.1, -0.05) is 19.9 Å². The molecule has 3 aromatic rings. The van der Waals surface area contributed by atoms with Crippen molar-refractivity contribution >= 4 is 22.8 Å². The molecule has 1 aliphatic rings. The van der Waals surface area contributed by atoms with Crippen LogP contribution in [0.25, 0.3) is 22.2 Å². The summed E-state index contributed by atoms with van der Waals surface area (Å²) < 4.78 is 24.7. The van der Waals surface area contributed by atoms with Gasteiger partial charge in [-0.25, -0.2) is 29.1 Å². The van der Waals surface area contributed by atoms with Crippen molar-refractivity contribution in [3.8, 4) is 11.3 Å². The van der Waals surface area contributed by atoms with Crippen LogP contribution in [0.5, 0.6) is 0 Å². The topological polar surface area (TPSA) is 119 Å². The number of aliphatic hydroxyl groups excluding tert-OH is 1. The summed E-state index contributed by atoms with van der Waals surface area (Å²) in [6.45, 7) is 4.63. The molecule has 1 aromatic carbocycles. The number of halogens is 1. The fourth-order valence-corrected chi connectivity index (χ4v) is 3.62. The number of hydrogen-bond acceptors (Lipinski definition) is 9. The van der Waals surface area contributed by atoms with Gasteiger partial charge in [0.05, 0.1) is 43.3 Å². The molecule has 0 spiro atoms. The summed E-state index contributed by atoms with van der Waals surface area (Å²) in [5.41, 5.74) is 1.82. The number of anilines is 1. The number of carbonyl (C=O) groups is 1. The Balaban J connectivity index is 1.74. The van der Waals surface area contributed by atoms with E-state index < -0.39 is 17.9 Å². The van der Waals surface area contributed by atoms with Crippen molar-refractivity contribution in [1.82, 2.24) is 19.9 Å². The lowest BCUT2D eigenvalue weighted by molar-refractivity contribution is -0.0136. The van der Waals surface area contributed by atoms with Gasteiger partial charge in [0.15, 0.2) is 5.82 Å². The number of ether oxygens (including phenoxy) is 2.